The van der Waals surface area contributed by atoms with Crippen molar-refractivity contribution in [2.45, 2.75) is 36.7 Å². The van der Waals surface area contributed by atoms with Gasteiger partial charge in [0, 0.05) is 0 Å². The van der Waals surface area contributed by atoms with Crippen molar-refractivity contribution in [1.29, 1.82) is 0 Å². The van der Waals surface area contributed by atoms with Crippen LogP contribution in [0.1, 0.15) is 0 Å². The lowest BCUT2D eigenvalue weighted by Gasteiger charge is -2.32. The van der Waals surface area contributed by atoms with Gasteiger partial charge in [-0.25, -0.2) is 18.7 Å². The van der Waals surface area contributed by atoms with E-state index < -0.39 is 72.7 Å². The molecule has 3 heterocycles. The molecule has 0 radical (unpaired) electrons. The maximum Gasteiger partial charge on any atom is 0.490 e. The van der Waals surface area contributed by atoms with Gasteiger partial charge in [-0.1, -0.05) is 0 Å². The van der Waals surface area contributed by atoms with E-state index in [-0.39, 0.29) is 5.96 Å². The maximum atomic E-state index is 11.9. The van der Waals surface area contributed by atoms with E-state index in [2.05, 4.69) is 28.4 Å². The molecule has 19 nitrogen and oxygen atoms in total. The van der Waals surface area contributed by atoms with Crippen molar-refractivity contribution < 1.29 is 66.2 Å². The van der Waals surface area contributed by atoms with Crippen LogP contribution in [0.25, 0.3) is 0 Å². The molecular formula is C10H18N5O14P3. The number of aliphatic imine (C=N–C) groups is 2. The van der Waals surface area contributed by atoms with E-state index in [9.17, 15) is 33.6 Å². The highest BCUT2D eigenvalue weighted by molar-refractivity contribution is 7.66. The highest BCUT2D eigenvalue weighted by Crippen LogP contribution is 2.66. The lowest BCUT2D eigenvalue weighted by molar-refractivity contribution is -0.124. The second kappa shape index (κ2) is 8.81. The first-order valence-corrected chi connectivity index (χ1v) is 12.9. The molecule has 1 fully saturated rings. The standard InChI is InChI=1S/C10H18N5O14P3/c11-10-13-7-4(8(18)14-10)12-2-15(7)9-6(17)5(16)3(27-9)1-26-31(22,23)29-32(24,25)28-30(19,20)21/h2-7,9,16-17H,1H2,(H,22,23)(H,24,25)(H2,19,20,21)(H3,11,13,14,18)/t3-,4-,5-,6-,7+,9+/m1/s1. The molecule has 0 bridgehead atoms. The molecule has 1 saturated heterocycles. The van der Waals surface area contributed by atoms with Gasteiger partial charge in [0.25, 0.3) is 5.91 Å². The molecule has 3 aliphatic rings. The van der Waals surface area contributed by atoms with Crippen molar-refractivity contribution in [3.8, 4) is 0 Å². The molecular weight excluding hydrogens is 507 g/mol. The summed E-state index contributed by atoms with van der Waals surface area (Å²) in [5.74, 6) is -0.789. The fourth-order valence-corrected chi connectivity index (χ4v) is 6.00. The Kier molecular flexibility index (Phi) is 6.97. The van der Waals surface area contributed by atoms with Crippen molar-refractivity contribution in [3.63, 3.8) is 0 Å². The Bertz CT molecular complexity index is 969. The zero-order valence-electron chi connectivity index (χ0n) is 15.5. The molecule has 3 aliphatic heterocycles. The third kappa shape index (κ3) is 5.78. The van der Waals surface area contributed by atoms with Crippen LogP contribution in [0.4, 0.5) is 0 Å². The third-order valence-electron chi connectivity index (χ3n) is 4.19. The predicted octanol–water partition coefficient (Wildman–Crippen LogP) is -3.74. The van der Waals surface area contributed by atoms with Gasteiger partial charge in [-0.15, -0.1) is 0 Å². The number of hydrogen-bond acceptors (Lipinski definition) is 14. The number of carbonyl (C=O) groups excluding carboxylic acids is 1. The van der Waals surface area contributed by atoms with Crippen LogP contribution in [0, 0.1) is 0 Å². The van der Waals surface area contributed by atoms with Crippen molar-refractivity contribution >= 4 is 41.7 Å². The van der Waals surface area contributed by atoms with Gasteiger partial charge in [0.1, 0.15) is 18.3 Å². The van der Waals surface area contributed by atoms with E-state index in [0.29, 0.717) is 0 Å². The molecule has 8 atom stereocenters. The average Bonchev–Trinajstić information content (AvgIpc) is 3.12. The van der Waals surface area contributed by atoms with Gasteiger partial charge in [-0.05, 0) is 0 Å². The minimum atomic E-state index is -5.73. The number of aliphatic hydroxyl groups excluding tert-OH is 2. The summed E-state index contributed by atoms with van der Waals surface area (Å²) in [6, 6.07) is -1.01. The van der Waals surface area contributed by atoms with E-state index in [1.54, 1.807) is 0 Å². The predicted molar refractivity (Wildman–Crippen MR) is 98.2 cm³/mol. The van der Waals surface area contributed by atoms with Crippen LogP contribution in [-0.4, -0.2) is 96.2 Å². The van der Waals surface area contributed by atoms with Gasteiger partial charge in [-0.2, -0.15) is 8.62 Å². The summed E-state index contributed by atoms with van der Waals surface area (Å²) in [6.45, 7) is -0.997. The summed E-state index contributed by atoms with van der Waals surface area (Å²) >= 11 is 0. The quantitative estimate of drug-likeness (QED) is 0.141. The minimum Gasteiger partial charge on any atom is -0.387 e. The van der Waals surface area contributed by atoms with Crippen molar-refractivity contribution in [2.24, 2.45) is 15.7 Å². The summed E-state index contributed by atoms with van der Waals surface area (Å²) in [5.41, 5.74) is 5.50. The molecule has 0 saturated carbocycles. The molecule has 0 aliphatic carbocycles. The van der Waals surface area contributed by atoms with Gasteiger partial charge >= 0.3 is 23.5 Å². The zero-order chi connectivity index (χ0) is 24.1. The first kappa shape index (κ1) is 25.3. The van der Waals surface area contributed by atoms with Gasteiger partial charge in [0.2, 0.25) is 0 Å². The van der Waals surface area contributed by atoms with E-state index in [0.717, 1.165) is 6.34 Å². The second-order valence-corrected chi connectivity index (χ2v) is 10.9. The number of rotatable bonds is 8. The molecule has 0 aromatic carbocycles. The van der Waals surface area contributed by atoms with Crippen LogP contribution in [0.3, 0.4) is 0 Å². The molecule has 0 aromatic heterocycles. The first-order valence-electron chi connectivity index (χ1n) is 8.33. The van der Waals surface area contributed by atoms with Gasteiger partial charge < -0.3 is 45.2 Å². The third-order valence-corrected chi connectivity index (χ3v) is 7.99. The monoisotopic (exact) mass is 525 g/mol. The Labute approximate surface area is 177 Å². The molecule has 32 heavy (non-hydrogen) atoms. The number of hydrogen-bond donors (Lipinski definition) is 8. The van der Waals surface area contributed by atoms with Crippen LogP contribution >= 0.6 is 23.5 Å². The fourth-order valence-electron chi connectivity index (χ4n) is 2.97. The summed E-state index contributed by atoms with van der Waals surface area (Å²) in [7, 11) is -16.8. The van der Waals surface area contributed by atoms with Crippen LogP contribution in [0.15, 0.2) is 9.98 Å². The molecule has 2 unspecified atom stereocenters. The van der Waals surface area contributed by atoms with Crippen molar-refractivity contribution in [2.75, 3.05) is 6.61 Å². The van der Waals surface area contributed by atoms with Crippen molar-refractivity contribution in [1.82, 2.24) is 10.2 Å². The Morgan fingerprint density at radius 3 is 2.41 bits per heavy atom. The van der Waals surface area contributed by atoms with Crippen molar-refractivity contribution in [3.05, 3.63) is 0 Å². The zero-order valence-corrected chi connectivity index (χ0v) is 18.1. The Balaban J connectivity index is 1.63. The maximum absolute atomic E-state index is 11.9. The number of nitrogens with zero attached hydrogens (tertiary/aromatic N) is 3. The van der Waals surface area contributed by atoms with E-state index in [1.807, 2.05) is 0 Å². The largest absolute Gasteiger partial charge is 0.490 e. The minimum absolute atomic E-state index is 0.219. The highest BCUT2D eigenvalue weighted by atomic mass is 31.3. The van der Waals surface area contributed by atoms with Crippen LogP contribution in [0.5, 0.6) is 0 Å². The smallest absolute Gasteiger partial charge is 0.387 e. The molecule has 182 valence electrons. The van der Waals surface area contributed by atoms with Gasteiger partial charge in [0.05, 0.1) is 12.9 Å². The first-order chi connectivity index (χ1) is 14.6. The van der Waals surface area contributed by atoms with Crippen LogP contribution < -0.4 is 11.1 Å². The number of ether oxygens (including phenoxy) is 1. The lowest BCUT2D eigenvalue weighted by Crippen LogP contribution is -2.56. The SMILES string of the molecule is NC1=N[C@@H]2[C@@H](N=CN2[C@H]2O[C@H](COP(=O)(O)OP(=O)(O)OP(=O)(O)O)[C@@H](O)[C@H]2O)C(=O)N1. The van der Waals surface area contributed by atoms with E-state index in [1.165, 1.54) is 4.90 Å². The molecule has 1 amide bonds. The molecule has 22 heteroatoms. The number of amides is 1. The van der Waals surface area contributed by atoms with E-state index >= 15 is 0 Å². The Hall–Kier alpha value is -1.30. The topological polar surface area (TPSA) is 293 Å². The number of phosphoric ester groups is 1. The Morgan fingerprint density at radius 1 is 1.12 bits per heavy atom. The molecule has 0 spiro atoms. The highest BCUT2D eigenvalue weighted by Gasteiger charge is 2.52. The average molecular weight is 525 g/mol. The summed E-state index contributed by atoms with van der Waals surface area (Å²) in [6.07, 6.45) is -6.13. The normalized spacial score (nSPS) is 36.2. The number of nitrogens with one attached hydrogen (secondary N) is 1. The number of nitrogens with two attached hydrogens (primary N) is 1. The number of carbonyl (C=O) groups is 1. The summed E-state index contributed by atoms with van der Waals surface area (Å²) in [4.78, 5) is 56.6. The fraction of sp³-hybridized carbons (Fsp3) is 0.700. The number of guanidine groups is 1. The molecule has 9 N–H and O–H groups in total. The Morgan fingerprint density at radius 2 is 1.78 bits per heavy atom. The van der Waals surface area contributed by atoms with E-state index in [4.69, 9.17) is 25.2 Å². The van der Waals surface area contributed by atoms with Crippen LogP contribution in [0.2, 0.25) is 0 Å². The summed E-state index contributed by atoms with van der Waals surface area (Å²) < 4.78 is 50.6. The van der Waals surface area contributed by atoms with Crippen LogP contribution in [-0.2, 0) is 36.4 Å². The number of aliphatic hydroxyl groups is 2. The number of phosphoric acid groups is 3. The molecule has 0 aromatic rings. The molecule has 3 rings (SSSR count). The van der Waals surface area contributed by atoms with Gasteiger partial charge in [0.15, 0.2) is 24.4 Å². The van der Waals surface area contributed by atoms with Gasteiger partial charge in [-0.3, -0.25) is 19.6 Å². The second-order valence-electron chi connectivity index (χ2n) is 6.51. The lowest BCUT2D eigenvalue weighted by atomic mass is 10.1. The number of fused-ring (bicyclic) bond motifs is 1. The summed E-state index contributed by atoms with van der Waals surface area (Å²) in [5, 5.41) is 22.7.